The molecular weight excluding hydrogens is 1090 g/mol. The molecule has 0 aromatic heterocycles. The Labute approximate surface area is 444 Å². The summed E-state index contributed by atoms with van der Waals surface area (Å²) in [4.78, 5) is 26.9. The molecule has 6 saturated heterocycles. The predicted octanol–water partition coefficient (Wildman–Crippen LogP) is -15.8. The zero-order valence-electron chi connectivity index (χ0n) is 41.3. The van der Waals surface area contributed by atoms with Gasteiger partial charge in [-0.2, -0.15) is 0 Å². The molecule has 6 heterocycles. The van der Waals surface area contributed by atoms with Gasteiger partial charge in [0, 0.05) is 12.8 Å². The second-order valence-corrected chi connectivity index (χ2v) is 19.9. The minimum Gasteiger partial charge on any atom is -0.477 e. The van der Waals surface area contributed by atoms with Gasteiger partial charge in [-0.1, -0.05) is 0 Å². The van der Waals surface area contributed by atoms with E-state index in [0.29, 0.717) is 0 Å². The van der Waals surface area contributed by atoms with E-state index in [9.17, 15) is 122 Å². The topological polar surface area (TPSA) is 633 Å². The number of hydrogen-bond donors (Lipinski definition) is 24. The smallest absolute Gasteiger partial charge is 0.364 e. The molecule has 0 spiro atoms. The summed E-state index contributed by atoms with van der Waals surface area (Å²) in [6.07, 6.45) is -63.1. The summed E-state index contributed by atoms with van der Waals surface area (Å²) in [6.45, 7) is -7.01. The summed E-state index contributed by atoms with van der Waals surface area (Å²) >= 11 is 0. The first-order chi connectivity index (χ1) is 37.0. The minimum absolute atomic E-state index is 0.751. The Bertz CT molecular complexity index is 1960. The zero-order chi connectivity index (χ0) is 58.9. The number of carboxylic acid groups (broad SMARTS) is 2. The fourth-order valence-corrected chi connectivity index (χ4v) is 9.79. The Morgan fingerprint density at radius 2 is 0.962 bits per heavy atom. The van der Waals surface area contributed by atoms with E-state index in [1.54, 1.807) is 0 Å². The number of nitrogens with two attached hydrogens (primary N) is 2. The average Bonchev–Trinajstić information content (AvgIpc) is 3.52. The standard InChI is InChI=1S/C42H72N2O35/c43-17-22(57)20(55)15(71-35(17)64)7-69-36-18(44)23(58)21(56)16(72-36)8-70-41(39(65)66)2-14(77-42(40(67)68)1-9(49)19(54)31(78-42)12(52)5-47)33(32(79-41)13(53)6-48)75-38-28(63)34(27(62)30(74-38)11(51)4-46)76-37-26(61)24(59)25(60)29(73-37)10(50)3-45/h9-38,45-64H,1-8,43-44H2,(H,65,66)(H,67,68)/t9-,10+,11+,12-,13-,14-,15-,16-,17-,18-,19-,20-,21-,22-,23-,24+,25+,26+,27-,28+,29-,30-,31-,32-,33-,34+,35+,36-,37-,38-,41-,42-/m1/s1. The van der Waals surface area contributed by atoms with Gasteiger partial charge in [0.05, 0.1) is 63.9 Å². The highest BCUT2D eigenvalue weighted by atomic mass is 16.8. The molecule has 0 unspecified atom stereocenters. The van der Waals surface area contributed by atoms with Crippen molar-refractivity contribution < 1.29 is 174 Å². The molecule has 6 aliphatic rings. The maximum Gasteiger partial charge on any atom is 0.364 e. The fourth-order valence-electron chi connectivity index (χ4n) is 9.79. The van der Waals surface area contributed by atoms with Crippen LogP contribution in [0.15, 0.2) is 0 Å². The Kier molecular flexibility index (Phi) is 22.6. The lowest BCUT2D eigenvalue weighted by atomic mass is 9.89. The van der Waals surface area contributed by atoms with Gasteiger partial charge in [0.1, 0.15) is 134 Å². The number of ether oxygens (including phenoxy) is 11. The van der Waals surface area contributed by atoms with Gasteiger partial charge in [-0.05, 0) is 0 Å². The van der Waals surface area contributed by atoms with Crippen molar-refractivity contribution in [1.82, 2.24) is 0 Å². The van der Waals surface area contributed by atoms with E-state index >= 15 is 0 Å². The summed E-state index contributed by atoms with van der Waals surface area (Å²) in [7, 11) is 0. The highest BCUT2D eigenvalue weighted by Gasteiger charge is 2.64. The molecule has 0 radical (unpaired) electrons. The Hall–Kier alpha value is -2.38. The number of aliphatic hydroxyl groups is 20. The van der Waals surface area contributed by atoms with Crippen LogP contribution in [0.1, 0.15) is 12.8 Å². The monoisotopic (exact) mass is 1160 g/mol. The van der Waals surface area contributed by atoms with Crippen molar-refractivity contribution in [2.24, 2.45) is 11.5 Å². The molecular formula is C42H72N2O35. The maximum atomic E-state index is 13.6. The van der Waals surface area contributed by atoms with Crippen LogP contribution < -0.4 is 11.5 Å². The van der Waals surface area contributed by atoms with Crippen LogP contribution in [0.3, 0.4) is 0 Å². The Morgan fingerprint density at radius 3 is 1.52 bits per heavy atom. The first-order valence-corrected chi connectivity index (χ1v) is 24.6. The first-order valence-electron chi connectivity index (χ1n) is 24.6. The molecule has 0 bridgehead atoms. The molecule has 0 aliphatic carbocycles. The summed E-state index contributed by atoms with van der Waals surface area (Å²) in [5, 5.41) is 234. The molecule has 460 valence electrons. The number of hydrogen-bond acceptors (Lipinski definition) is 35. The average molecular weight is 1170 g/mol. The zero-order valence-corrected chi connectivity index (χ0v) is 41.3. The maximum absolute atomic E-state index is 13.6. The number of carboxylic acids is 2. The van der Waals surface area contributed by atoms with E-state index in [2.05, 4.69) is 0 Å². The van der Waals surface area contributed by atoms with Gasteiger partial charge in [-0.3, -0.25) is 0 Å². The van der Waals surface area contributed by atoms with Gasteiger partial charge >= 0.3 is 11.9 Å². The molecule has 79 heavy (non-hydrogen) atoms. The van der Waals surface area contributed by atoms with Crippen molar-refractivity contribution in [3.05, 3.63) is 0 Å². The van der Waals surface area contributed by atoms with Crippen LogP contribution in [0.25, 0.3) is 0 Å². The Morgan fingerprint density at radius 1 is 0.481 bits per heavy atom. The van der Waals surface area contributed by atoms with Crippen LogP contribution in [-0.4, -0.2) is 359 Å². The number of aliphatic hydroxyl groups excluding tert-OH is 20. The molecule has 6 rings (SSSR count). The molecule has 37 nitrogen and oxygen atoms in total. The van der Waals surface area contributed by atoms with Crippen LogP contribution >= 0.6 is 0 Å². The Balaban J connectivity index is 1.38. The second kappa shape index (κ2) is 27.1. The number of carbonyl (C=O) groups is 2. The van der Waals surface area contributed by atoms with Crippen LogP contribution in [-0.2, 0) is 61.7 Å². The molecule has 6 aliphatic heterocycles. The van der Waals surface area contributed by atoms with E-state index in [0.717, 1.165) is 0 Å². The number of aliphatic carboxylic acids is 2. The van der Waals surface area contributed by atoms with E-state index in [-0.39, 0.29) is 0 Å². The summed E-state index contributed by atoms with van der Waals surface area (Å²) in [5.41, 5.74) is 11.6. The predicted molar refractivity (Wildman–Crippen MR) is 237 cm³/mol. The van der Waals surface area contributed by atoms with E-state index < -0.39 is 260 Å². The van der Waals surface area contributed by atoms with Crippen molar-refractivity contribution in [3.63, 3.8) is 0 Å². The quantitative estimate of drug-likeness (QED) is 0.0479. The van der Waals surface area contributed by atoms with Gasteiger partial charge in [0.2, 0.25) is 0 Å². The highest BCUT2D eigenvalue weighted by Crippen LogP contribution is 2.43. The van der Waals surface area contributed by atoms with Gasteiger partial charge in [-0.25, -0.2) is 9.59 Å². The van der Waals surface area contributed by atoms with Gasteiger partial charge in [-0.15, -0.1) is 0 Å². The number of rotatable bonds is 22. The summed E-state index contributed by atoms with van der Waals surface area (Å²) < 4.78 is 62.1. The van der Waals surface area contributed by atoms with Crippen molar-refractivity contribution in [3.8, 4) is 0 Å². The van der Waals surface area contributed by atoms with E-state index in [1.807, 2.05) is 0 Å². The molecule has 37 heteroatoms. The second-order valence-electron chi connectivity index (χ2n) is 19.9. The third-order valence-electron chi connectivity index (χ3n) is 14.5. The molecule has 0 aromatic carbocycles. The third-order valence-corrected chi connectivity index (χ3v) is 14.5. The van der Waals surface area contributed by atoms with Crippen LogP contribution in [0.5, 0.6) is 0 Å². The first kappa shape index (κ1) is 65.8. The normalized spacial score (nSPS) is 48.6. The van der Waals surface area contributed by atoms with Crippen molar-refractivity contribution in [1.29, 1.82) is 0 Å². The molecule has 32 atom stereocenters. The van der Waals surface area contributed by atoms with Gasteiger partial charge in [0.25, 0.3) is 11.6 Å². The van der Waals surface area contributed by atoms with Crippen LogP contribution in [0.2, 0.25) is 0 Å². The van der Waals surface area contributed by atoms with E-state index in [4.69, 9.17) is 63.6 Å². The molecule has 0 saturated carbocycles. The highest BCUT2D eigenvalue weighted by molar-refractivity contribution is 5.77. The lowest BCUT2D eigenvalue weighted by Crippen LogP contribution is -2.70. The van der Waals surface area contributed by atoms with Gasteiger partial charge in [0.15, 0.2) is 25.2 Å². The lowest BCUT2D eigenvalue weighted by molar-refractivity contribution is -0.406. The van der Waals surface area contributed by atoms with E-state index in [1.165, 1.54) is 0 Å². The largest absolute Gasteiger partial charge is 0.477 e. The van der Waals surface area contributed by atoms with Crippen molar-refractivity contribution in [2.45, 2.75) is 208 Å². The lowest BCUT2D eigenvalue weighted by Gasteiger charge is -2.52. The van der Waals surface area contributed by atoms with Crippen LogP contribution in [0, 0.1) is 0 Å². The SMILES string of the molecule is N[C@@H]1[C@@H](O)[C@H](O)[C@@H](CO[C@@H]2O[C@H](CO[C@]3(C(=O)O)C[C@@H](O[C@]4(C(=O)O)C[C@@H](O)[C@@H](O)[C@@H]([C@H](O)CO)O4)[C@@H](O[C@H]4O[C@H]([C@@H](O)CO)[C@@H](O)[C@H](O[C@H]5O[C@H]([C@@H](O)CO)[C@@H](O)[C@H](O)[C@@H]5O)[C@@H]4O)[C@@H]([C@H](O)CO)O3)[C@@H](O)[C@H](O)[C@H]2N)O[C@@H]1O. The summed E-state index contributed by atoms with van der Waals surface area (Å²) in [5.74, 6) is -11.2. The van der Waals surface area contributed by atoms with Crippen molar-refractivity contribution >= 4 is 11.9 Å². The molecule has 26 N–H and O–H groups in total. The molecule has 6 fully saturated rings. The van der Waals surface area contributed by atoms with Gasteiger partial charge < -0.3 is 176 Å². The summed E-state index contributed by atoms with van der Waals surface area (Å²) in [6, 6.07) is -3.10. The molecule has 0 amide bonds. The molecule has 0 aromatic rings. The van der Waals surface area contributed by atoms with Crippen LogP contribution in [0.4, 0.5) is 0 Å². The fraction of sp³-hybridized carbons (Fsp3) is 0.952. The van der Waals surface area contributed by atoms with Crippen molar-refractivity contribution in [2.75, 3.05) is 39.6 Å². The third kappa shape index (κ3) is 13.6. The minimum atomic E-state index is -3.40.